The topological polar surface area (TPSA) is 49.6 Å². The molecule has 1 heterocycles. The predicted octanol–water partition coefficient (Wildman–Crippen LogP) is 1.57. The van der Waals surface area contributed by atoms with Crippen molar-refractivity contribution >= 4 is 11.6 Å². The van der Waals surface area contributed by atoms with Gasteiger partial charge in [0.15, 0.2) is 0 Å². The molecule has 1 aromatic rings. The number of piperidine rings is 1. The number of nitrogen functional groups attached to an aromatic ring is 1. The van der Waals surface area contributed by atoms with Gasteiger partial charge in [0.2, 0.25) is 0 Å². The van der Waals surface area contributed by atoms with Crippen LogP contribution >= 0.6 is 0 Å². The zero-order chi connectivity index (χ0) is 14.0. The van der Waals surface area contributed by atoms with Crippen molar-refractivity contribution in [3.8, 4) is 0 Å². The molecule has 0 aromatic heterocycles. The Morgan fingerprint density at radius 1 is 1.47 bits per heavy atom. The van der Waals surface area contributed by atoms with Crippen molar-refractivity contribution in [3.63, 3.8) is 0 Å². The van der Waals surface area contributed by atoms with Crippen LogP contribution in [0.15, 0.2) is 18.2 Å². The van der Waals surface area contributed by atoms with Crippen molar-refractivity contribution in [1.82, 2.24) is 9.80 Å². The summed E-state index contributed by atoms with van der Waals surface area (Å²) in [6, 6.07) is 4.73. The molecule has 1 aliphatic rings. The molecule has 0 aliphatic carbocycles. The average Bonchev–Trinajstić information content (AvgIpc) is 2.41. The number of likely N-dealkylation sites (tertiary alicyclic amines) is 1. The molecule has 1 saturated heterocycles. The van der Waals surface area contributed by atoms with Gasteiger partial charge in [-0.1, -0.05) is 6.07 Å². The van der Waals surface area contributed by atoms with E-state index in [-0.39, 0.29) is 17.2 Å². The van der Waals surface area contributed by atoms with Crippen molar-refractivity contribution in [2.45, 2.75) is 18.9 Å². The second kappa shape index (κ2) is 5.57. The molecule has 2 N–H and O–H groups in total. The zero-order valence-corrected chi connectivity index (χ0v) is 11.4. The number of rotatable bonds is 2. The maximum Gasteiger partial charge on any atom is 0.256 e. The van der Waals surface area contributed by atoms with Crippen LogP contribution in [0.2, 0.25) is 0 Å². The summed E-state index contributed by atoms with van der Waals surface area (Å²) in [5.74, 6) is -0.712. The highest BCUT2D eigenvalue weighted by Crippen LogP contribution is 2.21. The highest BCUT2D eigenvalue weighted by molar-refractivity contribution is 5.99. The van der Waals surface area contributed by atoms with Crippen LogP contribution in [0.1, 0.15) is 23.2 Å². The van der Waals surface area contributed by atoms with E-state index in [0.717, 1.165) is 12.8 Å². The molecule has 5 heteroatoms. The van der Waals surface area contributed by atoms with Crippen molar-refractivity contribution < 1.29 is 9.18 Å². The van der Waals surface area contributed by atoms with E-state index in [1.165, 1.54) is 12.1 Å². The molecule has 19 heavy (non-hydrogen) atoms. The number of likely N-dealkylation sites (N-methyl/N-ethyl adjacent to an activating group) is 1. The molecule has 1 amide bonds. The molecule has 1 unspecified atom stereocenters. The lowest BCUT2D eigenvalue weighted by Crippen LogP contribution is -2.47. The number of halogens is 1. The molecular weight excluding hydrogens is 245 g/mol. The van der Waals surface area contributed by atoms with E-state index >= 15 is 0 Å². The molecule has 1 fully saturated rings. The van der Waals surface area contributed by atoms with Gasteiger partial charge in [-0.25, -0.2) is 4.39 Å². The molecule has 1 atom stereocenters. The molecule has 4 nitrogen and oxygen atoms in total. The Morgan fingerprint density at radius 3 is 2.89 bits per heavy atom. The number of hydrogen-bond acceptors (Lipinski definition) is 3. The summed E-state index contributed by atoms with van der Waals surface area (Å²) >= 11 is 0. The molecule has 0 saturated carbocycles. The Balaban J connectivity index is 2.17. The van der Waals surface area contributed by atoms with Gasteiger partial charge < -0.3 is 15.5 Å². The first-order valence-corrected chi connectivity index (χ1v) is 6.50. The highest BCUT2D eigenvalue weighted by Gasteiger charge is 2.26. The Morgan fingerprint density at radius 2 is 2.21 bits per heavy atom. The first kappa shape index (κ1) is 13.8. The summed E-state index contributed by atoms with van der Waals surface area (Å²) in [6.07, 6.45) is 2.04. The van der Waals surface area contributed by atoms with Crippen molar-refractivity contribution in [1.29, 1.82) is 0 Å². The number of nitrogens with zero attached hydrogens (tertiary/aromatic N) is 2. The van der Waals surface area contributed by atoms with Crippen molar-refractivity contribution in [2.75, 3.05) is 32.9 Å². The number of para-hydroxylation sites is 1. The highest BCUT2D eigenvalue weighted by atomic mass is 19.1. The standard InChI is InChI=1S/C14H20FN3O/c1-17(2)10-5-4-8-18(9-10)14(19)11-6-3-7-12(15)13(11)16/h3,6-7,10H,4-5,8-9,16H2,1-2H3. The maximum atomic E-state index is 13.4. The SMILES string of the molecule is CN(C)C1CCCN(C(=O)c2cccc(F)c2N)C1. The Kier molecular flexibility index (Phi) is 4.04. The Labute approximate surface area is 113 Å². The quantitative estimate of drug-likeness (QED) is 0.826. The third-order valence-electron chi connectivity index (χ3n) is 3.70. The van der Waals surface area contributed by atoms with E-state index < -0.39 is 5.82 Å². The van der Waals surface area contributed by atoms with E-state index in [4.69, 9.17) is 5.73 Å². The Hall–Kier alpha value is -1.62. The third kappa shape index (κ3) is 2.87. The van der Waals surface area contributed by atoms with Gasteiger partial charge in [0.1, 0.15) is 5.82 Å². The second-order valence-electron chi connectivity index (χ2n) is 5.21. The summed E-state index contributed by atoms with van der Waals surface area (Å²) in [7, 11) is 4.02. The van der Waals surface area contributed by atoms with Gasteiger partial charge in [-0.2, -0.15) is 0 Å². The minimum atomic E-state index is -0.535. The van der Waals surface area contributed by atoms with E-state index in [1.807, 2.05) is 14.1 Å². The normalized spacial score (nSPS) is 19.8. The number of nitrogens with two attached hydrogens (primary N) is 1. The number of hydrogen-bond donors (Lipinski definition) is 1. The van der Waals surface area contributed by atoms with Gasteiger partial charge in [-0.05, 0) is 39.1 Å². The van der Waals surface area contributed by atoms with Gasteiger partial charge in [0, 0.05) is 19.1 Å². The molecule has 104 valence electrons. The van der Waals surface area contributed by atoms with E-state index in [9.17, 15) is 9.18 Å². The molecule has 0 spiro atoms. The van der Waals surface area contributed by atoms with Crippen LogP contribution in [0.25, 0.3) is 0 Å². The van der Waals surface area contributed by atoms with Gasteiger partial charge in [0.25, 0.3) is 5.91 Å². The fourth-order valence-electron chi connectivity index (χ4n) is 2.45. The molecule has 2 rings (SSSR count). The fourth-order valence-corrected chi connectivity index (χ4v) is 2.45. The van der Waals surface area contributed by atoms with Crippen LogP contribution in [0.4, 0.5) is 10.1 Å². The summed E-state index contributed by atoms with van der Waals surface area (Å²) in [5.41, 5.74) is 5.86. The lowest BCUT2D eigenvalue weighted by Gasteiger charge is -2.36. The van der Waals surface area contributed by atoms with Crippen molar-refractivity contribution in [2.24, 2.45) is 0 Å². The van der Waals surface area contributed by atoms with Crippen LogP contribution in [-0.2, 0) is 0 Å². The van der Waals surface area contributed by atoms with Gasteiger partial charge in [-0.15, -0.1) is 0 Å². The molecular formula is C14H20FN3O. The lowest BCUT2D eigenvalue weighted by molar-refractivity contribution is 0.0636. The summed E-state index contributed by atoms with van der Waals surface area (Å²) in [4.78, 5) is 16.3. The third-order valence-corrected chi connectivity index (χ3v) is 3.70. The number of carbonyl (C=O) groups is 1. The average molecular weight is 265 g/mol. The number of amides is 1. The molecule has 0 radical (unpaired) electrons. The first-order chi connectivity index (χ1) is 9.00. The summed E-state index contributed by atoms with van der Waals surface area (Å²) in [5, 5.41) is 0. The van der Waals surface area contributed by atoms with Gasteiger partial charge >= 0.3 is 0 Å². The summed E-state index contributed by atoms with van der Waals surface area (Å²) in [6.45, 7) is 1.38. The van der Waals surface area contributed by atoms with Crippen molar-refractivity contribution in [3.05, 3.63) is 29.6 Å². The lowest BCUT2D eigenvalue weighted by atomic mass is 10.0. The van der Waals surface area contributed by atoms with E-state index in [1.54, 1.807) is 11.0 Å². The minimum absolute atomic E-state index is 0.0560. The van der Waals surface area contributed by atoms with Crippen LogP contribution in [-0.4, -0.2) is 48.9 Å². The second-order valence-corrected chi connectivity index (χ2v) is 5.21. The van der Waals surface area contributed by atoms with Crippen LogP contribution in [0, 0.1) is 5.82 Å². The van der Waals surface area contributed by atoms with Crippen LogP contribution in [0.5, 0.6) is 0 Å². The first-order valence-electron chi connectivity index (χ1n) is 6.50. The number of anilines is 1. The Bertz CT molecular complexity index is 476. The van der Waals surface area contributed by atoms with Gasteiger partial charge in [0.05, 0.1) is 11.3 Å². The number of benzene rings is 1. The predicted molar refractivity (Wildman–Crippen MR) is 73.4 cm³/mol. The van der Waals surface area contributed by atoms with E-state index in [2.05, 4.69) is 4.90 Å². The number of carbonyl (C=O) groups excluding carboxylic acids is 1. The monoisotopic (exact) mass is 265 g/mol. The van der Waals surface area contributed by atoms with E-state index in [0.29, 0.717) is 19.1 Å². The summed E-state index contributed by atoms with van der Waals surface area (Å²) < 4.78 is 13.4. The minimum Gasteiger partial charge on any atom is -0.396 e. The van der Waals surface area contributed by atoms with Crippen LogP contribution in [0.3, 0.4) is 0 Å². The van der Waals surface area contributed by atoms with Crippen LogP contribution < -0.4 is 5.73 Å². The fraction of sp³-hybridized carbons (Fsp3) is 0.500. The largest absolute Gasteiger partial charge is 0.396 e. The smallest absolute Gasteiger partial charge is 0.256 e. The molecule has 1 aliphatic heterocycles. The molecule has 1 aromatic carbocycles. The zero-order valence-electron chi connectivity index (χ0n) is 11.4. The van der Waals surface area contributed by atoms with Gasteiger partial charge in [-0.3, -0.25) is 4.79 Å². The maximum absolute atomic E-state index is 13.4. The molecule has 0 bridgehead atoms.